The van der Waals surface area contributed by atoms with Gasteiger partial charge in [0.25, 0.3) is 0 Å². The average Bonchev–Trinajstić information content (AvgIpc) is 2.45. The Morgan fingerprint density at radius 2 is 1.38 bits per heavy atom. The molecule has 0 aromatic heterocycles. The van der Waals surface area contributed by atoms with E-state index in [4.69, 9.17) is 5.11 Å². The van der Waals surface area contributed by atoms with Crippen molar-refractivity contribution in [3.05, 3.63) is 23.3 Å². The van der Waals surface area contributed by atoms with Crippen LogP contribution in [-0.4, -0.2) is 11.1 Å². The third kappa shape index (κ3) is 14.5. The Bertz CT molecular complexity index is 393. The minimum Gasteiger partial charge on any atom is -0.481 e. The van der Waals surface area contributed by atoms with Gasteiger partial charge in [-0.1, -0.05) is 76.2 Å². The number of carboxylic acids is 1. The molecule has 0 saturated carbocycles. The predicted molar refractivity (Wildman–Crippen MR) is 105 cm³/mol. The van der Waals surface area contributed by atoms with Crippen LogP contribution in [0.1, 0.15) is 98.8 Å². The first kappa shape index (κ1) is 22.9. The Balaban J connectivity index is 3.92. The summed E-state index contributed by atoms with van der Waals surface area (Å²) in [5.74, 6) is 0.670. The van der Waals surface area contributed by atoms with Crippen LogP contribution in [0.5, 0.6) is 0 Å². The first-order valence-electron chi connectivity index (χ1n) is 9.91. The predicted octanol–water partition coefficient (Wildman–Crippen LogP) is 7.16. The average molecular weight is 337 g/mol. The monoisotopic (exact) mass is 336 g/mol. The second-order valence-electron chi connectivity index (χ2n) is 7.65. The van der Waals surface area contributed by atoms with Crippen molar-refractivity contribution >= 4 is 5.97 Å². The van der Waals surface area contributed by atoms with Gasteiger partial charge in [0.1, 0.15) is 0 Å². The maximum atomic E-state index is 10.4. The standard InChI is InChI=1S/C22H40O2/c1-6-12-18(2)15-20(4)17-21(5)16-19(3)13-10-8-7-9-11-14-22(23)24/h15-16,18-19H,6-14,17H2,1-5H3,(H,23,24)/b20-15-,21-16+/t18-,19+/m0/s1. The van der Waals surface area contributed by atoms with Gasteiger partial charge in [0, 0.05) is 6.42 Å². The van der Waals surface area contributed by atoms with Crippen LogP contribution in [0.4, 0.5) is 0 Å². The molecule has 0 aromatic rings. The molecule has 0 aliphatic heterocycles. The highest BCUT2D eigenvalue weighted by atomic mass is 16.4. The Labute approximate surface area is 150 Å². The van der Waals surface area contributed by atoms with Crippen LogP contribution in [0.3, 0.4) is 0 Å². The molecule has 0 rings (SSSR count). The Hall–Kier alpha value is -1.05. The van der Waals surface area contributed by atoms with Crippen LogP contribution >= 0.6 is 0 Å². The van der Waals surface area contributed by atoms with Gasteiger partial charge < -0.3 is 5.11 Å². The SMILES string of the molecule is CCC[C@H](C)/C=C(/C)C/C(C)=C/[C@H](C)CCCCCCCC(=O)O. The van der Waals surface area contributed by atoms with Gasteiger partial charge in [0.05, 0.1) is 0 Å². The smallest absolute Gasteiger partial charge is 0.303 e. The number of carboxylic acid groups (broad SMARTS) is 1. The third-order valence-corrected chi connectivity index (χ3v) is 4.49. The highest BCUT2D eigenvalue weighted by molar-refractivity contribution is 5.66. The summed E-state index contributed by atoms with van der Waals surface area (Å²) in [5, 5.41) is 8.60. The van der Waals surface area contributed by atoms with Crippen molar-refractivity contribution in [1.82, 2.24) is 0 Å². The molecule has 1 N–H and O–H groups in total. The van der Waals surface area contributed by atoms with Crippen LogP contribution in [0.15, 0.2) is 23.3 Å². The maximum absolute atomic E-state index is 10.4. The molecule has 0 fully saturated rings. The molecule has 2 heteroatoms. The quantitative estimate of drug-likeness (QED) is 0.270. The van der Waals surface area contributed by atoms with E-state index in [0.717, 1.165) is 19.3 Å². The lowest BCUT2D eigenvalue weighted by atomic mass is 9.96. The van der Waals surface area contributed by atoms with Gasteiger partial charge >= 0.3 is 5.97 Å². The maximum Gasteiger partial charge on any atom is 0.303 e. The van der Waals surface area contributed by atoms with Gasteiger partial charge in [0.2, 0.25) is 0 Å². The van der Waals surface area contributed by atoms with E-state index < -0.39 is 5.97 Å². The molecule has 24 heavy (non-hydrogen) atoms. The first-order chi connectivity index (χ1) is 11.3. The normalized spacial score (nSPS) is 15.4. The molecule has 0 spiro atoms. The highest BCUT2D eigenvalue weighted by Crippen LogP contribution is 2.19. The van der Waals surface area contributed by atoms with Crippen molar-refractivity contribution in [2.24, 2.45) is 11.8 Å². The molecule has 0 aliphatic rings. The molecular formula is C22H40O2. The third-order valence-electron chi connectivity index (χ3n) is 4.49. The first-order valence-corrected chi connectivity index (χ1v) is 9.91. The van der Waals surface area contributed by atoms with Crippen molar-refractivity contribution in [2.75, 3.05) is 0 Å². The largest absolute Gasteiger partial charge is 0.481 e. The zero-order valence-corrected chi connectivity index (χ0v) is 16.7. The lowest BCUT2D eigenvalue weighted by molar-refractivity contribution is -0.137. The van der Waals surface area contributed by atoms with Crippen molar-refractivity contribution in [2.45, 2.75) is 98.8 Å². The molecule has 140 valence electrons. The second-order valence-corrected chi connectivity index (χ2v) is 7.65. The number of carbonyl (C=O) groups is 1. The Kier molecular flexibility index (Phi) is 13.7. The van der Waals surface area contributed by atoms with Crippen LogP contribution in [0, 0.1) is 11.8 Å². The fourth-order valence-electron chi connectivity index (χ4n) is 3.42. The summed E-state index contributed by atoms with van der Waals surface area (Å²) in [5.41, 5.74) is 2.98. The topological polar surface area (TPSA) is 37.3 Å². The van der Waals surface area contributed by atoms with E-state index in [-0.39, 0.29) is 0 Å². The lowest BCUT2D eigenvalue weighted by Gasteiger charge is -2.11. The minimum absolute atomic E-state index is 0.322. The van der Waals surface area contributed by atoms with E-state index >= 15 is 0 Å². The number of unbranched alkanes of at least 4 members (excludes halogenated alkanes) is 4. The summed E-state index contributed by atoms with van der Waals surface area (Å²) in [6, 6.07) is 0. The van der Waals surface area contributed by atoms with E-state index in [0.29, 0.717) is 18.3 Å². The summed E-state index contributed by atoms with van der Waals surface area (Å²) in [7, 11) is 0. The van der Waals surface area contributed by atoms with Gasteiger partial charge in [-0.2, -0.15) is 0 Å². The number of allylic oxidation sites excluding steroid dienone is 4. The molecule has 0 unspecified atom stereocenters. The van der Waals surface area contributed by atoms with Crippen LogP contribution in [0.2, 0.25) is 0 Å². The molecule has 2 nitrogen and oxygen atoms in total. The highest BCUT2D eigenvalue weighted by Gasteiger charge is 2.03. The fourth-order valence-corrected chi connectivity index (χ4v) is 3.42. The van der Waals surface area contributed by atoms with E-state index in [1.807, 2.05) is 0 Å². The number of rotatable bonds is 14. The molecule has 2 atom stereocenters. The van der Waals surface area contributed by atoms with Gasteiger partial charge in [-0.25, -0.2) is 0 Å². The molecule has 0 heterocycles. The summed E-state index contributed by atoms with van der Waals surface area (Å²) >= 11 is 0. The van der Waals surface area contributed by atoms with Gasteiger partial charge in [-0.15, -0.1) is 0 Å². The van der Waals surface area contributed by atoms with Crippen molar-refractivity contribution < 1.29 is 9.90 Å². The van der Waals surface area contributed by atoms with Crippen molar-refractivity contribution in [3.63, 3.8) is 0 Å². The molecule has 0 radical (unpaired) electrons. The van der Waals surface area contributed by atoms with Crippen LogP contribution in [0.25, 0.3) is 0 Å². The van der Waals surface area contributed by atoms with Crippen molar-refractivity contribution in [3.8, 4) is 0 Å². The summed E-state index contributed by atoms with van der Waals surface area (Å²) < 4.78 is 0. The number of aliphatic carboxylic acids is 1. The van der Waals surface area contributed by atoms with E-state index in [2.05, 4.69) is 46.8 Å². The zero-order chi connectivity index (χ0) is 18.4. The number of hydrogen-bond donors (Lipinski definition) is 1. The second kappa shape index (κ2) is 14.3. The summed E-state index contributed by atoms with van der Waals surface area (Å²) in [6.07, 6.45) is 15.6. The van der Waals surface area contributed by atoms with Crippen LogP contribution in [-0.2, 0) is 4.79 Å². The molecule has 0 amide bonds. The van der Waals surface area contributed by atoms with Gasteiger partial charge in [-0.3, -0.25) is 4.79 Å². The molecular weight excluding hydrogens is 296 g/mol. The van der Waals surface area contributed by atoms with E-state index in [1.54, 1.807) is 0 Å². The lowest BCUT2D eigenvalue weighted by Crippen LogP contribution is -1.95. The molecule has 0 saturated heterocycles. The van der Waals surface area contributed by atoms with Crippen LogP contribution < -0.4 is 0 Å². The summed E-state index contributed by atoms with van der Waals surface area (Å²) in [4.78, 5) is 10.4. The molecule has 0 aliphatic carbocycles. The minimum atomic E-state index is -0.669. The van der Waals surface area contributed by atoms with Crippen molar-refractivity contribution in [1.29, 1.82) is 0 Å². The van der Waals surface area contributed by atoms with E-state index in [9.17, 15) is 4.79 Å². The molecule has 0 bridgehead atoms. The summed E-state index contributed by atoms with van der Waals surface area (Å²) in [6.45, 7) is 11.4. The van der Waals surface area contributed by atoms with Gasteiger partial charge in [-0.05, 0) is 51.4 Å². The number of hydrogen-bond acceptors (Lipinski definition) is 1. The Morgan fingerprint density at radius 1 is 0.875 bits per heavy atom. The van der Waals surface area contributed by atoms with E-state index in [1.165, 1.54) is 49.7 Å². The Morgan fingerprint density at radius 3 is 1.92 bits per heavy atom. The molecule has 0 aromatic carbocycles. The fraction of sp³-hybridized carbons (Fsp3) is 0.773. The van der Waals surface area contributed by atoms with Gasteiger partial charge in [0.15, 0.2) is 0 Å². The zero-order valence-electron chi connectivity index (χ0n) is 16.7.